The Labute approximate surface area is 204 Å². The zero-order chi connectivity index (χ0) is 25.3. The fraction of sp³-hybridized carbons (Fsp3) is 0.214. The number of carbonyl (C=O) groups is 2. The van der Waals surface area contributed by atoms with Crippen molar-refractivity contribution in [3.05, 3.63) is 89.7 Å². The molecule has 0 bridgehead atoms. The highest BCUT2D eigenvalue weighted by atomic mass is 19.1. The smallest absolute Gasteiger partial charge is 0.258 e. The molecule has 0 aliphatic carbocycles. The third-order valence-electron chi connectivity index (χ3n) is 5.74. The first-order valence-electron chi connectivity index (χ1n) is 11.5. The fourth-order valence-corrected chi connectivity index (χ4v) is 4.09. The van der Waals surface area contributed by atoms with Gasteiger partial charge in [0.1, 0.15) is 5.82 Å². The van der Waals surface area contributed by atoms with Crippen LogP contribution in [0.15, 0.2) is 72.8 Å². The lowest BCUT2D eigenvalue weighted by Crippen LogP contribution is -2.53. The molecule has 2 amide bonds. The molecule has 0 spiro atoms. The van der Waals surface area contributed by atoms with Gasteiger partial charge in [0, 0.05) is 23.0 Å². The zero-order valence-electron chi connectivity index (χ0n) is 20.2. The summed E-state index contributed by atoms with van der Waals surface area (Å²) < 4.78 is 13.8. The average Bonchev–Trinajstić information content (AvgIpc) is 3.12. The maximum atomic E-state index is 13.8. The van der Waals surface area contributed by atoms with Crippen molar-refractivity contribution in [3.63, 3.8) is 0 Å². The van der Waals surface area contributed by atoms with Crippen LogP contribution in [-0.4, -0.2) is 23.4 Å². The van der Waals surface area contributed by atoms with Gasteiger partial charge in [-0.05, 0) is 75.7 Å². The van der Waals surface area contributed by atoms with Gasteiger partial charge in [-0.3, -0.25) is 9.59 Å². The van der Waals surface area contributed by atoms with E-state index in [9.17, 15) is 14.0 Å². The summed E-state index contributed by atoms with van der Waals surface area (Å²) in [6, 6.07) is 21.1. The van der Waals surface area contributed by atoms with E-state index in [2.05, 4.69) is 10.6 Å². The van der Waals surface area contributed by atoms with Crippen LogP contribution in [0.5, 0.6) is 0 Å². The van der Waals surface area contributed by atoms with Crippen molar-refractivity contribution in [2.75, 3.05) is 15.5 Å². The second-order valence-electron chi connectivity index (χ2n) is 9.42. The van der Waals surface area contributed by atoms with Crippen LogP contribution in [0, 0.1) is 5.82 Å². The minimum absolute atomic E-state index is 0.0785. The minimum Gasteiger partial charge on any atom is -0.354 e. The number of carbonyl (C=O) groups excluding carboxylic acids is 2. The molecule has 1 aliphatic heterocycles. The van der Waals surface area contributed by atoms with Gasteiger partial charge in [-0.1, -0.05) is 30.3 Å². The number of hydrogen-bond acceptors (Lipinski definition) is 4. The van der Waals surface area contributed by atoms with Gasteiger partial charge in [-0.25, -0.2) is 4.39 Å². The van der Waals surface area contributed by atoms with Crippen LogP contribution in [0.2, 0.25) is 0 Å². The molecule has 4 N–H and O–H groups in total. The number of nitrogens with one attached hydrogen (secondary N) is 2. The summed E-state index contributed by atoms with van der Waals surface area (Å²) in [5, 5.41) is 6.13. The zero-order valence-corrected chi connectivity index (χ0v) is 20.2. The summed E-state index contributed by atoms with van der Waals surface area (Å²) in [6.45, 7) is 7.25. The van der Waals surface area contributed by atoms with Gasteiger partial charge in [0.2, 0.25) is 5.91 Å². The van der Waals surface area contributed by atoms with E-state index in [0.29, 0.717) is 22.5 Å². The Balaban J connectivity index is 1.74. The second kappa shape index (κ2) is 9.35. The summed E-state index contributed by atoms with van der Waals surface area (Å²) in [6.07, 6.45) is 0. The second-order valence-corrected chi connectivity index (χ2v) is 9.42. The lowest BCUT2D eigenvalue weighted by Gasteiger charge is -2.32. The molecule has 3 aromatic rings. The summed E-state index contributed by atoms with van der Waals surface area (Å²) in [7, 11) is 0. The number of halogens is 1. The SMILES string of the molecule is CC(C)N(C(=O)C(C)(C)N)c1ccc(N/C(=C2\C(=O)Nc3cc(F)ccc32)c2ccccc2)cc1. The Morgan fingerprint density at radius 3 is 2.29 bits per heavy atom. The molecular weight excluding hydrogens is 443 g/mol. The van der Waals surface area contributed by atoms with E-state index in [0.717, 1.165) is 16.9 Å². The monoisotopic (exact) mass is 472 g/mol. The molecule has 0 unspecified atom stereocenters. The lowest BCUT2D eigenvalue weighted by atomic mass is 10.00. The highest BCUT2D eigenvalue weighted by molar-refractivity contribution is 6.37. The summed E-state index contributed by atoms with van der Waals surface area (Å²) in [5.74, 6) is -0.901. The van der Waals surface area contributed by atoms with Gasteiger partial charge >= 0.3 is 0 Å². The number of nitrogens with two attached hydrogens (primary N) is 1. The first-order valence-corrected chi connectivity index (χ1v) is 11.5. The Kier molecular flexibility index (Phi) is 6.45. The van der Waals surface area contributed by atoms with E-state index in [-0.39, 0.29) is 17.9 Å². The van der Waals surface area contributed by atoms with Crippen molar-refractivity contribution < 1.29 is 14.0 Å². The average molecular weight is 473 g/mol. The Hall–Kier alpha value is -3.97. The van der Waals surface area contributed by atoms with E-state index >= 15 is 0 Å². The molecule has 0 aromatic heterocycles. The molecule has 7 heteroatoms. The third kappa shape index (κ3) is 4.95. The number of nitrogens with zero attached hydrogens (tertiary/aromatic N) is 1. The topological polar surface area (TPSA) is 87.5 Å². The van der Waals surface area contributed by atoms with Crippen molar-refractivity contribution in [3.8, 4) is 0 Å². The Bertz CT molecular complexity index is 1290. The molecule has 1 heterocycles. The van der Waals surface area contributed by atoms with Crippen molar-refractivity contribution in [1.29, 1.82) is 0 Å². The molecule has 0 saturated heterocycles. The molecule has 3 aromatic carbocycles. The Morgan fingerprint density at radius 1 is 1.03 bits per heavy atom. The van der Waals surface area contributed by atoms with Crippen LogP contribution in [0.25, 0.3) is 11.3 Å². The van der Waals surface area contributed by atoms with Gasteiger partial charge in [0.25, 0.3) is 5.91 Å². The molecule has 35 heavy (non-hydrogen) atoms. The van der Waals surface area contributed by atoms with Crippen LogP contribution in [-0.2, 0) is 9.59 Å². The molecular formula is C28H29FN4O2. The maximum Gasteiger partial charge on any atom is 0.258 e. The minimum atomic E-state index is -1.01. The standard InChI is InChI=1S/C28H29FN4O2/c1-17(2)33(27(35)28(3,4)30)21-13-11-20(12-14-21)31-25(18-8-6-5-7-9-18)24-22-15-10-19(29)16-23(22)32-26(24)34/h5-17,31H,30H2,1-4H3,(H,32,34)/b25-24-. The van der Waals surface area contributed by atoms with Crippen molar-refractivity contribution >= 4 is 40.1 Å². The maximum absolute atomic E-state index is 13.8. The first-order chi connectivity index (χ1) is 16.6. The molecule has 6 nitrogen and oxygen atoms in total. The molecule has 0 radical (unpaired) electrons. The predicted molar refractivity (Wildman–Crippen MR) is 139 cm³/mol. The normalized spacial score (nSPS) is 14.4. The van der Waals surface area contributed by atoms with Crippen LogP contribution in [0.1, 0.15) is 38.8 Å². The van der Waals surface area contributed by atoms with Crippen molar-refractivity contribution in [2.24, 2.45) is 5.73 Å². The molecule has 0 fully saturated rings. The number of amides is 2. The number of rotatable bonds is 6. The number of anilines is 3. The van der Waals surface area contributed by atoms with Crippen LogP contribution >= 0.6 is 0 Å². The lowest BCUT2D eigenvalue weighted by molar-refractivity contribution is -0.123. The summed E-state index contributed by atoms with van der Waals surface area (Å²) >= 11 is 0. The van der Waals surface area contributed by atoms with Gasteiger partial charge in [0.15, 0.2) is 0 Å². The molecule has 0 saturated carbocycles. The van der Waals surface area contributed by atoms with Gasteiger partial charge in [-0.15, -0.1) is 0 Å². The third-order valence-corrected chi connectivity index (χ3v) is 5.74. The first kappa shape index (κ1) is 24.2. The molecule has 0 atom stereocenters. The van der Waals surface area contributed by atoms with Crippen LogP contribution in [0.4, 0.5) is 21.5 Å². The van der Waals surface area contributed by atoms with E-state index in [4.69, 9.17) is 5.73 Å². The predicted octanol–water partition coefficient (Wildman–Crippen LogP) is 5.24. The number of fused-ring (bicyclic) bond motifs is 1. The number of hydrogen-bond donors (Lipinski definition) is 3. The van der Waals surface area contributed by atoms with E-state index in [1.165, 1.54) is 12.1 Å². The molecule has 180 valence electrons. The highest BCUT2D eigenvalue weighted by Gasteiger charge is 2.31. The molecule has 1 aliphatic rings. The summed E-state index contributed by atoms with van der Waals surface area (Å²) in [5.41, 5.74) is 9.42. The van der Waals surface area contributed by atoms with Crippen LogP contribution in [0.3, 0.4) is 0 Å². The number of benzene rings is 3. The van der Waals surface area contributed by atoms with Crippen LogP contribution < -0.4 is 21.3 Å². The van der Waals surface area contributed by atoms with Crippen molar-refractivity contribution in [1.82, 2.24) is 0 Å². The van der Waals surface area contributed by atoms with Gasteiger partial charge in [0.05, 0.1) is 22.5 Å². The van der Waals surface area contributed by atoms with E-state index in [1.807, 2.05) is 68.4 Å². The highest BCUT2D eigenvalue weighted by Crippen LogP contribution is 2.38. The molecule has 4 rings (SSSR count). The largest absolute Gasteiger partial charge is 0.354 e. The van der Waals surface area contributed by atoms with E-state index < -0.39 is 11.4 Å². The quantitative estimate of drug-likeness (QED) is 0.429. The van der Waals surface area contributed by atoms with Crippen molar-refractivity contribution in [2.45, 2.75) is 39.3 Å². The summed E-state index contributed by atoms with van der Waals surface area (Å²) in [4.78, 5) is 27.5. The van der Waals surface area contributed by atoms with Gasteiger partial charge in [-0.2, -0.15) is 0 Å². The van der Waals surface area contributed by atoms with E-state index in [1.54, 1.807) is 24.8 Å². The van der Waals surface area contributed by atoms with Gasteiger partial charge < -0.3 is 21.3 Å². The Morgan fingerprint density at radius 2 is 1.69 bits per heavy atom. The fourth-order valence-electron chi connectivity index (χ4n) is 4.09.